The molecule has 0 atom stereocenters. The highest BCUT2D eigenvalue weighted by Crippen LogP contribution is 2.17. The van der Waals surface area contributed by atoms with Crippen molar-refractivity contribution in [3.8, 4) is 11.5 Å². The summed E-state index contributed by atoms with van der Waals surface area (Å²) >= 11 is 3.31. The van der Waals surface area contributed by atoms with Gasteiger partial charge >= 0.3 is 17.8 Å². The van der Waals surface area contributed by atoms with Gasteiger partial charge in [-0.1, -0.05) is 22.0 Å². The zero-order chi connectivity index (χ0) is 22.9. The van der Waals surface area contributed by atoms with Crippen LogP contribution in [0.2, 0.25) is 0 Å². The Bertz CT molecular complexity index is 1150. The molecule has 3 aromatic rings. The summed E-state index contributed by atoms with van der Waals surface area (Å²) in [5, 5.41) is 6.21. The molecule has 0 aliphatic carbocycles. The third-order valence-corrected chi connectivity index (χ3v) is 4.61. The van der Waals surface area contributed by atoms with Crippen molar-refractivity contribution >= 4 is 45.6 Å². The SMILES string of the molecule is COc1cccc(NC(=O)C(=O)N/N=C/c2ccc(OC(=O)c3ccc(Br)cc3)cc2)c1. The van der Waals surface area contributed by atoms with Gasteiger partial charge in [-0.15, -0.1) is 0 Å². The number of rotatable bonds is 6. The summed E-state index contributed by atoms with van der Waals surface area (Å²) in [7, 11) is 1.50. The first-order chi connectivity index (χ1) is 15.4. The number of nitrogens with one attached hydrogen (secondary N) is 2. The second-order valence-electron chi connectivity index (χ2n) is 6.35. The van der Waals surface area contributed by atoms with Crippen LogP contribution in [0.15, 0.2) is 82.4 Å². The number of carbonyl (C=O) groups is 3. The number of hydrazone groups is 1. The van der Waals surface area contributed by atoms with E-state index in [4.69, 9.17) is 9.47 Å². The molecule has 0 spiro atoms. The van der Waals surface area contributed by atoms with Gasteiger partial charge in [0.1, 0.15) is 11.5 Å². The second-order valence-corrected chi connectivity index (χ2v) is 7.27. The van der Waals surface area contributed by atoms with E-state index in [-0.39, 0.29) is 0 Å². The lowest BCUT2D eigenvalue weighted by Gasteiger charge is -2.06. The number of hydrogen-bond donors (Lipinski definition) is 2. The Kier molecular flexibility index (Phi) is 7.71. The molecule has 0 aliphatic heterocycles. The summed E-state index contributed by atoms with van der Waals surface area (Å²) in [6, 6.07) is 19.9. The number of anilines is 1. The van der Waals surface area contributed by atoms with Crippen molar-refractivity contribution in [1.29, 1.82) is 0 Å². The van der Waals surface area contributed by atoms with Gasteiger partial charge in [0, 0.05) is 16.2 Å². The van der Waals surface area contributed by atoms with Crippen LogP contribution in [-0.2, 0) is 9.59 Å². The van der Waals surface area contributed by atoms with Crippen molar-refractivity contribution in [3.05, 3.63) is 88.4 Å². The van der Waals surface area contributed by atoms with Gasteiger partial charge in [-0.3, -0.25) is 9.59 Å². The summed E-state index contributed by atoms with van der Waals surface area (Å²) in [4.78, 5) is 36.0. The van der Waals surface area contributed by atoms with E-state index in [0.29, 0.717) is 28.3 Å². The Labute approximate surface area is 192 Å². The highest BCUT2D eigenvalue weighted by molar-refractivity contribution is 9.10. The molecular weight excluding hydrogens is 478 g/mol. The zero-order valence-corrected chi connectivity index (χ0v) is 18.5. The van der Waals surface area contributed by atoms with Crippen LogP contribution in [0.5, 0.6) is 11.5 Å². The Balaban J connectivity index is 1.50. The van der Waals surface area contributed by atoms with E-state index in [1.807, 2.05) is 0 Å². The Morgan fingerprint density at radius 3 is 2.31 bits per heavy atom. The number of carbonyl (C=O) groups excluding carboxylic acids is 3. The summed E-state index contributed by atoms with van der Waals surface area (Å²) in [5.74, 6) is -1.37. The molecule has 0 heterocycles. The minimum absolute atomic E-state index is 0.358. The first-order valence-electron chi connectivity index (χ1n) is 9.31. The molecule has 3 aromatic carbocycles. The van der Waals surface area contributed by atoms with Crippen molar-refractivity contribution < 1.29 is 23.9 Å². The van der Waals surface area contributed by atoms with Gasteiger partial charge in [0.05, 0.1) is 18.9 Å². The molecule has 0 saturated heterocycles. The van der Waals surface area contributed by atoms with Crippen LogP contribution in [0.3, 0.4) is 0 Å². The Morgan fingerprint density at radius 1 is 0.906 bits per heavy atom. The number of hydrogen-bond acceptors (Lipinski definition) is 6. The molecule has 2 amide bonds. The van der Waals surface area contributed by atoms with Crippen LogP contribution in [0.25, 0.3) is 0 Å². The minimum atomic E-state index is -0.927. The monoisotopic (exact) mass is 495 g/mol. The number of halogens is 1. The zero-order valence-electron chi connectivity index (χ0n) is 16.9. The number of benzene rings is 3. The van der Waals surface area contributed by atoms with E-state index < -0.39 is 17.8 Å². The number of ether oxygens (including phenoxy) is 2. The van der Waals surface area contributed by atoms with Gasteiger partial charge in [0.25, 0.3) is 0 Å². The molecule has 0 saturated carbocycles. The fourth-order valence-corrected chi connectivity index (χ4v) is 2.74. The third-order valence-electron chi connectivity index (χ3n) is 4.08. The molecule has 0 fully saturated rings. The predicted molar refractivity (Wildman–Crippen MR) is 123 cm³/mol. The molecule has 0 aliphatic rings. The summed E-state index contributed by atoms with van der Waals surface area (Å²) in [5.41, 5.74) is 3.62. The second kappa shape index (κ2) is 10.9. The molecular formula is C23H18BrN3O5. The fraction of sp³-hybridized carbons (Fsp3) is 0.0435. The molecule has 0 bridgehead atoms. The molecule has 2 N–H and O–H groups in total. The average molecular weight is 496 g/mol. The normalized spacial score (nSPS) is 10.4. The topological polar surface area (TPSA) is 106 Å². The lowest BCUT2D eigenvalue weighted by molar-refractivity contribution is -0.136. The van der Waals surface area contributed by atoms with Crippen LogP contribution in [0.1, 0.15) is 15.9 Å². The summed E-state index contributed by atoms with van der Waals surface area (Å²) in [6.07, 6.45) is 1.36. The van der Waals surface area contributed by atoms with Crippen LogP contribution >= 0.6 is 15.9 Å². The van der Waals surface area contributed by atoms with Crippen LogP contribution in [0.4, 0.5) is 5.69 Å². The Morgan fingerprint density at radius 2 is 1.62 bits per heavy atom. The smallest absolute Gasteiger partial charge is 0.343 e. The standard InChI is InChI=1S/C23H18BrN3O5/c1-31-20-4-2-3-18(13-20)26-21(28)22(29)27-25-14-15-5-11-19(12-6-15)32-23(30)16-7-9-17(24)10-8-16/h2-14H,1H3,(H,26,28)(H,27,29)/b25-14+. The van der Waals surface area contributed by atoms with Crippen molar-refractivity contribution in [2.45, 2.75) is 0 Å². The number of amides is 2. The highest BCUT2D eigenvalue weighted by atomic mass is 79.9. The van der Waals surface area contributed by atoms with E-state index in [1.165, 1.54) is 13.3 Å². The third kappa shape index (κ3) is 6.51. The maximum absolute atomic E-state index is 12.1. The molecule has 8 nitrogen and oxygen atoms in total. The molecule has 9 heteroatoms. The summed E-state index contributed by atoms with van der Waals surface area (Å²) in [6.45, 7) is 0. The van der Waals surface area contributed by atoms with Crippen LogP contribution in [-0.4, -0.2) is 31.1 Å². The first kappa shape index (κ1) is 22.7. The fourth-order valence-electron chi connectivity index (χ4n) is 2.48. The van der Waals surface area contributed by atoms with Gasteiger partial charge < -0.3 is 14.8 Å². The van der Waals surface area contributed by atoms with Crippen LogP contribution < -0.4 is 20.2 Å². The molecule has 32 heavy (non-hydrogen) atoms. The Hall–Kier alpha value is -3.98. The van der Waals surface area contributed by atoms with Crippen molar-refractivity contribution in [1.82, 2.24) is 5.43 Å². The molecule has 3 rings (SSSR count). The molecule has 0 unspecified atom stereocenters. The molecule has 162 valence electrons. The van der Waals surface area contributed by atoms with E-state index in [2.05, 4.69) is 31.8 Å². The lowest BCUT2D eigenvalue weighted by atomic mass is 10.2. The number of esters is 1. The van der Waals surface area contributed by atoms with Crippen LogP contribution in [0, 0.1) is 0 Å². The molecule has 0 aromatic heterocycles. The number of nitrogens with zero attached hydrogens (tertiary/aromatic N) is 1. The van der Waals surface area contributed by atoms with Crippen molar-refractivity contribution in [2.24, 2.45) is 5.10 Å². The van der Waals surface area contributed by atoms with E-state index in [1.54, 1.807) is 72.8 Å². The van der Waals surface area contributed by atoms with E-state index in [9.17, 15) is 14.4 Å². The largest absolute Gasteiger partial charge is 0.497 e. The predicted octanol–water partition coefficient (Wildman–Crippen LogP) is 3.77. The average Bonchev–Trinajstić information content (AvgIpc) is 2.80. The first-order valence-corrected chi connectivity index (χ1v) is 10.1. The van der Waals surface area contributed by atoms with Gasteiger partial charge in [-0.05, 0) is 66.2 Å². The quantitative estimate of drug-likeness (QED) is 0.178. The van der Waals surface area contributed by atoms with Gasteiger partial charge in [-0.2, -0.15) is 5.10 Å². The minimum Gasteiger partial charge on any atom is -0.497 e. The van der Waals surface area contributed by atoms with Gasteiger partial charge in [-0.25, -0.2) is 10.2 Å². The lowest BCUT2D eigenvalue weighted by Crippen LogP contribution is -2.32. The van der Waals surface area contributed by atoms with E-state index in [0.717, 1.165) is 4.47 Å². The van der Waals surface area contributed by atoms with Gasteiger partial charge in [0.15, 0.2) is 0 Å². The van der Waals surface area contributed by atoms with Crippen molar-refractivity contribution in [2.75, 3.05) is 12.4 Å². The highest BCUT2D eigenvalue weighted by Gasteiger charge is 2.13. The maximum atomic E-state index is 12.1. The summed E-state index contributed by atoms with van der Waals surface area (Å²) < 4.78 is 11.2. The number of methoxy groups -OCH3 is 1. The molecule has 0 radical (unpaired) electrons. The maximum Gasteiger partial charge on any atom is 0.343 e. The van der Waals surface area contributed by atoms with Gasteiger partial charge in [0.2, 0.25) is 0 Å². The van der Waals surface area contributed by atoms with E-state index >= 15 is 0 Å². The van der Waals surface area contributed by atoms with Crippen molar-refractivity contribution in [3.63, 3.8) is 0 Å².